The van der Waals surface area contributed by atoms with Gasteiger partial charge in [0, 0.05) is 17.3 Å². The van der Waals surface area contributed by atoms with Crippen LogP contribution >= 0.6 is 0 Å². The molecule has 1 aliphatic heterocycles. The molecule has 0 aromatic heterocycles. The second-order valence-corrected chi connectivity index (χ2v) is 5.81. The zero-order chi connectivity index (χ0) is 14.8. The lowest BCUT2D eigenvalue weighted by Gasteiger charge is -2.26. The third-order valence-electron chi connectivity index (χ3n) is 3.96. The minimum Gasteiger partial charge on any atom is -0.324 e. The molecule has 2 aromatic carbocycles. The highest BCUT2D eigenvalue weighted by molar-refractivity contribution is 6.02. The summed E-state index contributed by atoms with van der Waals surface area (Å²) in [5.74, 6) is 0.422. The van der Waals surface area contributed by atoms with E-state index in [1.165, 1.54) is 5.56 Å². The van der Waals surface area contributed by atoms with E-state index in [4.69, 9.17) is 0 Å². The van der Waals surface area contributed by atoms with Gasteiger partial charge >= 0.3 is 0 Å². The zero-order valence-electron chi connectivity index (χ0n) is 12.3. The van der Waals surface area contributed by atoms with Gasteiger partial charge in [-0.2, -0.15) is 0 Å². The van der Waals surface area contributed by atoms with Gasteiger partial charge in [0.25, 0.3) is 0 Å². The molecule has 108 valence electrons. The molecule has 0 radical (unpaired) electrons. The Morgan fingerprint density at radius 3 is 2.38 bits per heavy atom. The Morgan fingerprint density at radius 1 is 1.00 bits per heavy atom. The first kappa shape index (κ1) is 13.8. The first-order valence-electron chi connectivity index (χ1n) is 7.37. The second kappa shape index (κ2) is 5.70. The van der Waals surface area contributed by atoms with E-state index in [1.54, 1.807) is 0 Å². The molecular weight excluding hydrogens is 260 g/mol. The number of rotatable bonds is 4. The van der Waals surface area contributed by atoms with E-state index in [0.29, 0.717) is 5.92 Å². The Kier molecular flexibility index (Phi) is 3.76. The molecule has 21 heavy (non-hydrogen) atoms. The molecule has 0 fully saturated rings. The number of nitrogens with one attached hydrogen (secondary N) is 2. The number of fused-ring (bicyclic) bond motifs is 1. The summed E-state index contributed by atoms with van der Waals surface area (Å²) < 4.78 is 0. The molecule has 1 amide bonds. The summed E-state index contributed by atoms with van der Waals surface area (Å²) in [6.07, 6.45) is 0. The second-order valence-electron chi connectivity index (χ2n) is 5.81. The summed E-state index contributed by atoms with van der Waals surface area (Å²) >= 11 is 0. The van der Waals surface area contributed by atoms with Crippen LogP contribution in [0.5, 0.6) is 0 Å². The molecule has 3 heteroatoms. The number of hydrogen-bond acceptors (Lipinski definition) is 2. The van der Waals surface area contributed by atoms with Crippen LogP contribution in [0.2, 0.25) is 0 Å². The smallest absolute Gasteiger partial charge is 0.246 e. The number of anilines is 1. The summed E-state index contributed by atoms with van der Waals surface area (Å²) in [5.41, 5.74) is 3.16. The van der Waals surface area contributed by atoms with Crippen molar-refractivity contribution in [1.82, 2.24) is 5.32 Å². The van der Waals surface area contributed by atoms with Gasteiger partial charge in [-0.25, -0.2) is 0 Å². The van der Waals surface area contributed by atoms with Crippen molar-refractivity contribution in [2.45, 2.75) is 25.9 Å². The molecule has 1 aliphatic rings. The molecule has 1 heterocycles. The van der Waals surface area contributed by atoms with Crippen molar-refractivity contribution in [1.29, 1.82) is 0 Å². The molecule has 2 atom stereocenters. The van der Waals surface area contributed by atoms with Gasteiger partial charge in [-0.15, -0.1) is 0 Å². The number of carbonyl (C=O) groups excluding carboxylic acids is 1. The summed E-state index contributed by atoms with van der Waals surface area (Å²) in [5, 5.41) is 6.47. The van der Waals surface area contributed by atoms with Crippen molar-refractivity contribution < 1.29 is 4.79 Å². The molecule has 2 aromatic rings. The summed E-state index contributed by atoms with van der Waals surface area (Å²) in [7, 11) is 0. The highest BCUT2D eigenvalue weighted by Crippen LogP contribution is 2.33. The maximum atomic E-state index is 12.2. The van der Waals surface area contributed by atoms with Crippen LogP contribution in [0.3, 0.4) is 0 Å². The monoisotopic (exact) mass is 280 g/mol. The Labute approximate surface area is 125 Å². The van der Waals surface area contributed by atoms with Gasteiger partial charge in [-0.1, -0.05) is 62.4 Å². The Bertz CT molecular complexity index is 637. The van der Waals surface area contributed by atoms with E-state index in [0.717, 1.165) is 11.3 Å². The van der Waals surface area contributed by atoms with Crippen molar-refractivity contribution in [3.8, 4) is 0 Å². The normalized spacial score (nSPS) is 18.4. The lowest BCUT2D eigenvalue weighted by molar-refractivity contribution is -0.118. The number of carbonyl (C=O) groups is 1. The molecule has 3 rings (SSSR count). The molecule has 2 unspecified atom stereocenters. The molecule has 0 bridgehead atoms. The number of hydrogen-bond donors (Lipinski definition) is 2. The average Bonchev–Trinajstić information content (AvgIpc) is 2.81. The van der Waals surface area contributed by atoms with E-state index in [9.17, 15) is 4.79 Å². The molecule has 0 spiro atoms. The van der Waals surface area contributed by atoms with Crippen LogP contribution in [-0.2, 0) is 4.79 Å². The Balaban J connectivity index is 1.89. The standard InChI is InChI=1S/C18H20N2O/c1-12(2)16(13-8-4-3-5-9-13)20-17-14-10-6-7-11-15(14)19-18(17)21/h3-12,16-17,20H,1-2H3,(H,19,21). The lowest BCUT2D eigenvalue weighted by Crippen LogP contribution is -2.33. The van der Waals surface area contributed by atoms with Gasteiger partial charge in [0.15, 0.2) is 0 Å². The summed E-state index contributed by atoms with van der Waals surface area (Å²) in [4.78, 5) is 12.2. The summed E-state index contributed by atoms with van der Waals surface area (Å²) in [6.45, 7) is 4.34. The highest BCUT2D eigenvalue weighted by Gasteiger charge is 2.32. The van der Waals surface area contributed by atoms with Crippen LogP contribution in [0.25, 0.3) is 0 Å². The van der Waals surface area contributed by atoms with E-state index in [2.05, 4.69) is 36.6 Å². The van der Waals surface area contributed by atoms with Crippen LogP contribution in [0.4, 0.5) is 5.69 Å². The number of benzene rings is 2. The van der Waals surface area contributed by atoms with E-state index in [1.807, 2.05) is 42.5 Å². The van der Waals surface area contributed by atoms with E-state index >= 15 is 0 Å². The minimum atomic E-state index is -0.284. The van der Waals surface area contributed by atoms with Crippen molar-refractivity contribution in [2.24, 2.45) is 5.92 Å². The minimum absolute atomic E-state index is 0.0257. The number of para-hydroxylation sites is 1. The largest absolute Gasteiger partial charge is 0.324 e. The fraction of sp³-hybridized carbons (Fsp3) is 0.278. The van der Waals surface area contributed by atoms with Crippen molar-refractivity contribution in [3.63, 3.8) is 0 Å². The highest BCUT2D eigenvalue weighted by atomic mass is 16.2. The maximum absolute atomic E-state index is 12.2. The predicted octanol–water partition coefficient (Wildman–Crippen LogP) is 3.67. The third kappa shape index (κ3) is 2.69. The molecule has 0 saturated heterocycles. The SMILES string of the molecule is CC(C)C(NC1C(=O)Nc2ccccc21)c1ccccc1. The van der Waals surface area contributed by atoms with Crippen molar-refractivity contribution >= 4 is 11.6 Å². The predicted molar refractivity (Wildman–Crippen MR) is 85.0 cm³/mol. The first-order valence-corrected chi connectivity index (χ1v) is 7.37. The molecule has 0 aliphatic carbocycles. The van der Waals surface area contributed by atoms with Crippen LogP contribution in [0.1, 0.15) is 37.1 Å². The van der Waals surface area contributed by atoms with E-state index in [-0.39, 0.29) is 18.0 Å². The van der Waals surface area contributed by atoms with Gasteiger partial charge in [0.05, 0.1) is 0 Å². The quantitative estimate of drug-likeness (QED) is 0.897. The van der Waals surface area contributed by atoms with Gasteiger partial charge < -0.3 is 5.32 Å². The van der Waals surface area contributed by atoms with Crippen molar-refractivity contribution in [3.05, 3.63) is 65.7 Å². The fourth-order valence-corrected chi connectivity index (χ4v) is 2.89. The van der Waals surface area contributed by atoms with Gasteiger partial charge in [0.2, 0.25) is 5.91 Å². The average molecular weight is 280 g/mol. The van der Waals surface area contributed by atoms with Gasteiger partial charge in [-0.3, -0.25) is 10.1 Å². The van der Waals surface area contributed by atoms with Crippen LogP contribution in [0, 0.1) is 5.92 Å². The fourth-order valence-electron chi connectivity index (χ4n) is 2.89. The Morgan fingerprint density at radius 2 is 1.67 bits per heavy atom. The van der Waals surface area contributed by atoms with E-state index < -0.39 is 0 Å². The van der Waals surface area contributed by atoms with Gasteiger partial charge in [-0.05, 0) is 17.5 Å². The molecular formula is C18H20N2O. The summed E-state index contributed by atoms with van der Waals surface area (Å²) in [6, 6.07) is 18.0. The molecule has 2 N–H and O–H groups in total. The number of amides is 1. The third-order valence-corrected chi connectivity index (χ3v) is 3.96. The molecule has 3 nitrogen and oxygen atoms in total. The van der Waals surface area contributed by atoms with Crippen molar-refractivity contribution in [2.75, 3.05) is 5.32 Å². The zero-order valence-corrected chi connectivity index (χ0v) is 12.3. The Hall–Kier alpha value is -2.13. The van der Waals surface area contributed by atoms with Crippen LogP contribution in [-0.4, -0.2) is 5.91 Å². The van der Waals surface area contributed by atoms with Gasteiger partial charge in [0.1, 0.15) is 6.04 Å². The topological polar surface area (TPSA) is 41.1 Å². The lowest BCUT2D eigenvalue weighted by atomic mass is 9.94. The maximum Gasteiger partial charge on any atom is 0.246 e. The van der Waals surface area contributed by atoms with Crippen LogP contribution < -0.4 is 10.6 Å². The first-order chi connectivity index (χ1) is 10.2. The van der Waals surface area contributed by atoms with Crippen LogP contribution in [0.15, 0.2) is 54.6 Å². The molecule has 0 saturated carbocycles.